The van der Waals surface area contributed by atoms with E-state index >= 15 is 0 Å². The molecule has 0 saturated carbocycles. The predicted molar refractivity (Wildman–Crippen MR) is 84.2 cm³/mol. The van der Waals surface area contributed by atoms with E-state index in [9.17, 15) is 0 Å². The van der Waals surface area contributed by atoms with Crippen molar-refractivity contribution in [1.82, 2.24) is 15.2 Å². The Kier molecular flexibility index (Phi) is 6.43. The van der Waals surface area contributed by atoms with Crippen molar-refractivity contribution < 1.29 is 4.74 Å². The fraction of sp³-hybridized carbons (Fsp3) is 0.688. The quantitative estimate of drug-likeness (QED) is 0.794. The third kappa shape index (κ3) is 4.76. The number of hydrogen-bond donors (Lipinski definition) is 1. The zero-order valence-corrected chi connectivity index (χ0v) is 13.7. The molecule has 4 heteroatoms. The third-order valence-corrected chi connectivity index (χ3v) is 3.78. The molecule has 0 amide bonds. The summed E-state index contributed by atoms with van der Waals surface area (Å²) in [6.07, 6.45) is 2.86. The van der Waals surface area contributed by atoms with Gasteiger partial charge in [0, 0.05) is 11.6 Å². The average molecular weight is 279 g/mol. The minimum Gasteiger partial charge on any atom is -0.490 e. The predicted octanol–water partition coefficient (Wildman–Crippen LogP) is 2.86. The molecule has 114 valence electrons. The topological polar surface area (TPSA) is 37.4 Å². The van der Waals surface area contributed by atoms with Crippen LogP contribution in [0.1, 0.15) is 45.9 Å². The first-order valence-corrected chi connectivity index (χ1v) is 7.40. The van der Waals surface area contributed by atoms with Crippen LogP contribution in [0.15, 0.2) is 18.3 Å². The van der Waals surface area contributed by atoms with Gasteiger partial charge >= 0.3 is 0 Å². The van der Waals surface area contributed by atoms with Crippen molar-refractivity contribution in [3.8, 4) is 5.75 Å². The Labute approximate surface area is 123 Å². The van der Waals surface area contributed by atoms with Gasteiger partial charge in [0.1, 0.15) is 12.4 Å². The van der Waals surface area contributed by atoms with Crippen molar-refractivity contribution in [2.24, 2.45) is 0 Å². The van der Waals surface area contributed by atoms with E-state index in [-0.39, 0.29) is 5.54 Å². The van der Waals surface area contributed by atoms with Crippen LogP contribution < -0.4 is 10.1 Å². The fourth-order valence-electron chi connectivity index (χ4n) is 1.78. The molecule has 0 saturated heterocycles. The minimum absolute atomic E-state index is 0.00832. The largest absolute Gasteiger partial charge is 0.490 e. The second kappa shape index (κ2) is 7.60. The Balaban J connectivity index is 2.63. The molecule has 20 heavy (non-hydrogen) atoms. The average Bonchev–Trinajstić information content (AvgIpc) is 2.43. The van der Waals surface area contributed by atoms with Gasteiger partial charge in [0.25, 0.3) is 0 Å². The molecule has 1 atom stereocenters. The molecule has 1 aromatic rings. The molecule has 1 N–H and O–H groups in total. The van der Waals surface area contributed by atoms with Gasteiger partial charge in [-0.15, -0.1) is 0 Å². The number of likely N-dealkylation sites (N-methyl/N-ethyl adjacent to an activating group) is 1. The molecule has 0 aliphatic heterocycles. The Morgan fingerprint density at radius 2 is 2.00 bits per heavy atom. The summed E-state index contributed by atoms with van der Waals surface area (Å²) in [6, 6.07) is 4.38. The lowest BCUT2D eigenvalue weighted by Crippen LogP contribution is -2.43. The standard InChI is InChI=1S/C16H29N3O/c1-7-14(17-8-2)15-10-9-13(11-18-15)20-12-16(3,4)19(5)6/h9-11,14,17H,7-8,12H2,1-6H3. The first kappa shape index (κ1) is 16.9. The molecule has 0 radical (unpaired) electrons. The highest BCUT2D eigenvalue weighted by Gasteiger charge is 2.21. The number of nitrogens with zero attached hydrogens (tertiary/aromatic N) is 2. The van der Waals surface area contributed by atoms with Crippen LogP contribution in [0.2, 0.25) is 0 Å². The number of rotatable bonds is 8. The Bertz CT molecular complexity index is 387. The Morgan fingerprint density at radius 3 is 2.45 bits per heavy atom. The molecular formula is C16H29N3O. The second-order valence-electron chi connectivity index (χ2n) is 5.93. The van der Waals surface area contributed by atoms with Gasteiger partial charge in [-0.05, 0) is 53.0 Å². The molecule has 1 heterocycles. The van der Waals surface area contributed by atoms with E-state index in [1.54, 1.807) is 0 Å². The maximum absolute atomic E-state index is 5.84. The molecule has 1 unspecified atom stereocenters. The van der Waals surface area contributed by atoms with E-state index in [1.807, 2.05) is 12.3 Å². The Morgan fingerprint density at radius 1 is 1.30 bits per heavy atom. The van der Waals surface area contributed by atoms with E-state index in [0.717, 1.165) is 24.4 Å². The molecule has 0 spiro atoms. The highest BCUT2D eigenvalue weighted by molar-refractivity contribution is 5.21. The molecule has 0 aromatic carbocycles. The van der Waals surface area contributed by atoms with Crippen molar-refractivity contribution in [2.45, 2.75) is 45.7 Å². The lowest BCUT2D eigenvalue weighted by atomic mass is 10.1. The lowest BCUT2D eigenvalue weighted by molar-refractivity contribution is 0.114. The highest BCUT2D eigenvalue weighted by atomic mass is 16.5. The van der Waals surface area contributed by atoms with Crippen molar-refractivity contribution in [2.75, 3.05) is 27.2 Å². The van der Waals surface area contributed by atoms with Gasteiger partial charge in [-0.1, -0.05) is 13.8 Å². The van der Waals surface area contributed by atoms with Crippen molar-refractivity contribution in [3.05, 3.63) is 24.0 Å². The van der Waals surface area contributed by atoms with Crippen molar-refractivity contribution in [1.29, 1.82) is 0 Å². The summed E-state index contributed by atoms with van der Waals surface area (Å²) in [5.41, 5.74) is 1.09. The van der Waals surface area contributed by atoms with Gasteiger partial charge in [0.15, 0.2) is 0 Å². The number of pyridine rings is 1. The molecular weight excluding hydrogens is 250 g/mol. The summed E-state index contributed by atoms with van der Waals surface area (Å²) in [7, 11) is 4.12. The minimum atomic E-state index is 0.00832. The van der Waals surface area contributed by atoms with Crippen LogP contribution in [0.3, 0.4) is 0 Å². The second-order valence-corrected chi connectivity index (χ2v) is 5.93. The van der Waals surface area contributed by atoms with E-state index in [2.05, 4.69) is 63.1 Å². The molecule has 0 bridgehead atoms. The van der Waals surface area contributed by atoms with Crippen LogP contribution in [-0.4, -0.2) is 42.7 Å². The molecule has 0 aliphatic rings. The summed E-state index contributed by atoms with van der Waals surface area (Å²) in [5, 5.41) is 3.43. The van der Waals surface area contributed by atoms with Crippen molar-refractivity contribution >= 4 is 0 Å². The van der Waals surface area contributed by atoms with Crippen LogP contribution in [0.25, 0.3) is 0 Å². The lowest BCUT2D eigenvalue weighted by Gasteiger charge is -2.32. The van der Waals surface area contributed by atoms with E-state index < -0.39 is 0 Å². The first-order valence-electron chi connectivity index (χ1n) is 7.40. The van der Waals surface area contributed by atoms with E-state index in [4.69, 9.17) is 4.74 Å². The highest BCUT2D eigenvalue weighted by Crippen LogP contribution is 2.19. The molecule has 0 aliphatic carbocycles. The number of ether oxygens (including phenoxy) is 1. The van der Waals surface area contributed by atoms with Gasteiger partial charge in [-0.25, -0.2) is 0 Å². The maximum Gasteiger partial charge on any atom is 0.137 e. The normalized spacial score (nSPS) is 13.6. The number of nitrogens with one attached hydrogen (secondary N) is 1. The van der Waals surface area contributed by atoms with Gasteiger partial charge in [-0.2, -0.15) is 0 Å². The van der Waals surface area contributed by atoms with Crippen molar-refractivity contribution in [3.63, 3.8) is 0 Å². The van der Waals surface area contributed by atoms with Gasteiger partial charge in [-0.3, -0.25) is 4.98 Å². The molecule has 1 rings (SSSR count). The fourth-order valence-corrected chi connectivity index (χ4v) is 1.78. The van der Waals surface area contributed by atoms with Gasteiger partial charge in [0.2, 0.25) is 0 Å². The maximum atomic E-state index is 5.84. The summed E-state index contributed by atoms with van der Waals surface area (Å²) in [4.78, 5) is 6.67. The van der Waals surface area contributed by atoms with Crippen LogP contribution in [-0.2, 0) is 0 Å². The number of aromatic nitrogens is 1. The van der Waals surface area contributed by atoms with Gasteiger partial charge in [0.05, 0.1) is 11.9 Å². The number of hydrogen-bond acceptors (Lipinski definition) is 4. The Hall–Kier alpha value is -1.13. The van der Waals surface area contributed by atoms with Gasteiger partial charge < -0.3 is 15.0 Å². The van der Waals surface area contributed by atoms with Crippen LogP contribution >= 0.6 is 0 Å². The SMILES string of the molecule is CCNC(CC)c1ccc(OCC(C)(C)N(C)C)cn1. The molecule has 4 nitrogen and oxygen atoms in total. The molecule has 1 aromatic heterocycles. The van der Waals surface area contributed by atoms with E-state index in [0.29, 0.717) is 12.6 Å². The zero-order chi connectivity index (χ0) is 15.2. The van der Waals surface area contributed by atoms with Crippen LogP contribution in [0, 0.1) is 0 Å². The third-order valence-electron chi connectivity index (χ3n) is 3.78. The summed E-state index contributed by atoms with van der Waals surface area (Å²) >= 11 is 0. The summed E-state index contributed by atoms with van der Waals surface area (Å²) in [6.45, 7) is 10.2. The summed E-state index contributed by atoms with van der Waals surface area (Å²) in [5.74, 6) is 0.829. The van der Waals surface area contributed by atoms with E-state index in [1.165, 1.54) is 0 Å². The smallest absolute Gasteiger partial charge is 0.137 e. The first-order chi connectivity index (χ1) is 9.40. The zero-order valence-electron chi connectivity index (χ0n) is 13.7. The van der Waals surface area contributed by atoms with Crippen LogP contribution in [0.4, 0.5) is 0 Å². The summed E-state index contributed by atoms with van der Waals surface area (Å²) < 4.78 is 5.84. The van der Waals surface area contributed by atoms with Crippen LogP contribution in [0.5, 0.6) is 5.75 Å². The monoisotopic (exact) mass is 279 g/mol. The molecule has 0 fully saturated rings.